The van der Waals surface area contributed by atoms with Gasteiger partial charge in [-0.1, -0.05) is 42.5 Å². The van der Waals surface area contributed by atoms with Crippen LogP contribution in [0.15, 0.2) is 54.7 Å². The Morgan fingerprint density at radius 3 is 2.67 bits per heavy atom. The monoisotopic (exact) mass is 362 g/mol. The number of hydrogen-bond donors (Lipinski definition) is 2. The summed E-state index contributed by atoms with van der Waals surface area (Å²) in [4.78, 5) is 26.8. The van der Waals surface area contributed by atoms with Crippen molar-refractivity contribution in [2.24, 2.45) is 5.92 Å². The minimum atomic E-state index is -0.0784. The van der Waals surface area contributed by atoms with Crippen LogP contribution in [0.2, 0.25) is 0 Å². The van der Waals surface area contributed by atoms with Gasteiger partial charge in [0.15, 0.2) is 5.78 Å². The summed E-state index contributed by atoms with van der Waals surface area (Å²) in [5.74, 6) is 0.183. The van der Waals surface area contributed by atoms with Gasteiger partial charge in [-0.3, -0.25) is 9.89 Å². The molecular weight excluding hydrogens is 340 g/mol. The number of carbonyl (C=O) groups is 2. The number of urea groups is 1. The second-order valence-corrected chi connectivity index (χ2v) is 6.94. The van der Waals surface area contributed by atoms with E-state index in [-0.39, 0.29) is 17.7 Å². The van der Waals surface area contributed by atoms with E-state index < -0.39 is 0 Å². The molecule has 0 atom stereocenters. The molecule has 138 valence electrons. The van der Waals surface area contributed by atoms with Gasteiger partial charge in [-0.15, -0.1) is 0 Å². The number of aromatic nitrogens is 2. The highest BCUT2D eigenvalue weighted by molar-refractivity contribution is 5.98. The van der Waals surface area contributed by atoms with E-state index in [0.717, 1.165) is 22.0 Å². The lowest BCUT2D eigenvalue weighted by atomic mass is 9.89. The first kappa shape index (κ1) is 17.3. The summed E-state index contributed by atoms with van der Waals surface area (Å²) >= 11 is 0. The number of rotatable bonds is 4. The Bertz CT molecular complexity index is 943. The van der Waals surface area contributed by atoms with E-state index in [9.17, 15) is 9.59 Å². The van der Waals surface area contributed by atoms with Gasteiger partial charge in [0, 0.05) is 36.5 Å². The lowest BCUT2D eigenvalue weighted by Crippen LogP contribution is -2.45. The predicted molar refractivity (Wildman–Crippen MR) is 103 cm³/mol. The van der Waals surface area contributed by atoms with Crippen molar-refractivity contribution in [3.05, 3.63) is 65.9 Å². The first-order valence-corrected chi connectivity index (χ1v) is 9.25. The molecule has 1 aliphatic heterocycles. The van der Waals surface area contributed by atoms with Crippen LogP contribution in [-0.4, -0.2) is 40.0 Å². The summed E-state index contributed by atoms with van der Waals surface area (Å²) in [5, 5.41) is 11.0. The molecule has 0 spiro atoms. The van der Waals surface area contributed by atoms with Gasteiger partial charge < -0.3 is 10.2 Å². The third kappa shape index (κ3) is 3.84. The van der Waals surface area contributed by atoms with Gasteiger partial charge >= 0.3 is 6.03 Å². The molecule has 4 rings (SSSR count). The van der Waals surface area contributed by atoms with Crippen molar-refractivity contribution in [3.8, 4) is 0 Å². The molecule has 0 aliphatic carbocycles. The molecule has 6 heteroatoms. The molecule has 2 aromatic carbocycles. The molecule has 2 amide bonds. The SMILES string of the molecule is O=C(c1ccccc1)C1CCN(C(=O)NCc2ccc3cn[nH]c3c2)CC1. The van der Waals surface area contributed by atoms with Crippen molar-refractivity contribution in [1.82, 2.24) is 20.4 Å². The topological polar surface area (TPSA) is 78.1 Å². The molecule has 1 aliphatic rings. The van der Waals surface area contributed by atoms with E-state index >= 15 is 0 Å². The van der Waals surface area contributed by atoms with E-state index in [4.69, 9.17) is 0 Å². The molecule has 2 heterocycles. The number of Topliss-reactive ketones (excluding diaryl/α,β-unsaturated/α-hetero) is 1. The second-order valence-electron chi connectivity index (χ2n) is 6.94. The Balaban J connectivity index is 1.29. The number of nitrogens with zero attached hydrogens (tertiary/aromatic N) is 2. The zero-order valence-corrected chi connectivity index (χ0v) is 15.0. The number of amides is 2. The molecule has 6 nitrogen and oxygen atoms in total. The van der Waals surface area contributed by atoms with Crippen LogP contribution in [0.1, 0.15) is 28.8 Å². The summed E-state index contributed by atoms with van der Waals surface area (Å²) in [6.07, 6.45) is 3.20. The highest BCUT2D eigenvalue weighted by Crippen LogP contribution is 2.22. The maximum Gasteiger partial charge on any atom is 0.317 e. The summed E-state index contributed by atoms with van der Waals surface area (Å²) in [7, 11) is 0. The van der Waals surface area contributed by atoms with E-state index in [2.05, 4.69) is 15.5 Å². The Kier molecular flexibility index (Phi) is 4.87. The number of fused-ring (bicyclic) bond motifs is 1. The molecule has 1 aromatic heterocycles. The summed E-state index contributed by atoms with van der Waals surface area (Å²) in [6, 6.07) is 15.3. The standard InChI is InChI=1S/C21H22N4O2/c26-20(16-4-2-1-3-5-16)17-8-10-25(11-9-17)21(27)22-13-15-6-7-18-14-23-24-19(18)12-15/h1-7,12,14,17H,8-11,13H2,(H,22,27)(H,23,24). The molecule has 0 bridgehead atoms. The maximum atomic E-state index is 12.5. The van der Waals surface area contributed by atoms with Gasteiger partial charge in [0.25, 0.3) is 0 Å². The Morgan fingerprint density at radius 1 is 1.11 bits per heavy atom. The fourth-order valence-corrected chi connectivity index (χ4v) is 3.57. The van der Waals surface area contributed by atoms with Crippen LogP contribution in [0.3, 0.4) is 0 Å². The van der Waals surface area contributed by atoms with Crippen molar-refractivity contribution in [1.29, 1.82) is 0 Å². The van der Waals surface area contributed by atoms with E-state index in [0.29, 0.717) is 32.5 Å². The first-order chi connectivity index (χ1) is 13.2. The quantitative estimate of drug-likeness (QED) is 0.699. The van der Waals surface area contributed by atoms with Gasteiger partial charge in [-0.05, 0) is 24.5 Å². The smallest absolute Gasteiger partial charge is 0.317 e. The molecule has 3 aromatic rings. The third-order valence-electron chi connectivity index (χ3n) is 5.16. The average molecular weight is 362 g/mol. The normalized spacial score (nSPS) is 15.0. The highest BCUT2D eigenvalue weighted by atomic mass is 16.2. The molecule has 0 unspecified atom stereocenters. The van der Waals surface area contributed by atoms with Crippen LogP contribution in [0.4, 0.5) is 4.79 Å². The van der Waals surface area contributed by atoms with E-state index in [1.165, 1.54) is 0 Å². The average Bonchev–Trinajstić information content (AvgIpc) is 3.20. The van der Waals surface area contributed by atoms with Crippen LogP contribution in [0.5, 0.6) is 0 Å². The van der Waals surface area contributed by atoms with Crippen molar-refractivity contribution < 1.29 is 9.59 Å². The molecule has 1 saturated heterocycles. The van der Waals surface area contributed by atoms with Crippen molar-refractivity contribution in [2.75, 3.05) is 13.1 Å². The molecule has 1 fully saturated rings. The molecule has 0 saturated carbocycles. The van der Waals surface area contributed by atoms with E-state index in [1.54, 1.807) is 11.1 Å². The lowest BCUT2D eigenvalue weighted by molar-refractivity contribution is 0.0854. The minimum absolute atomic E-state index is 0.000708. The van der Waals surface area contributed by atoms with Crippen LogP contribution in [0.25, 0.3) is 10.9 Å². The van der Waals surface area contributed by atoms with Gasteiger partial charge in [0.2, 0.25) is 0 Å². The number of aromatic amines is 1. The lowest BCUT2D eigenvalue weighted by Gasteiger charge is -2.31. The fourth-order valence-electron chi connectivity index (χ4n) is 3.57. The molecule has 2 N–H and O–H groups in total. The van der Waals surface area contributed by atoms with Crippen LogP contribution >= 0.6 is 0 Å². The predicted octanol–water partition coefficient (Wildman–Crippen LogP) is 3.37. The van der Waals surface area contributed by atoms with Gasteiger partial charge in [-0.25, -0.2) is 4.79 Å². The number of piperidine rings is 1. The second kappa shape index (κ2) is 7.61. The van der Waals surface area contributed by atoms with Crippen molar-refractivity contribution in [3.63, 3.8) is 0 Å². The van der Waals surface area contributed by atoms with Crippen molar-refractivity contribution in [2.45, 2.75) is 19.4 Å². The van der Waals surface area contributed by atoms with Crippen molar-refractivity contribution >= 4 is 22.7 Å². The fraction of sp³-hybridized carbons (Fsp3) is 0.286. The molecule has 27 heavy (non-hydrogen) atoms. The number of benzene rings is 2. The van der Waals surface area contributed by atoms with Gasteiger partial charge in [0.05, 0.1) is 11.7 Å². The maximum absolute atomic E-state index is 12.5. The molecule has 0 radical (unpaired) electrons. The van der Waals surface area contributed by atoms with Crippen LogP contribution in [0, 0.1) is 5.92 Å². The number of hydrogen-bond acceptors (Lipinski definition) is 3. The summed E-state index contributed by atoms with van der Waals surface area (Å²) < 4.78 is 0. The first-order valence-electron chi connectivity index (χ1n) is 9.25. The number of H-pyrrole nitrogens is 1. The van der Waals surface area contributed by atoms with Crippen LogP contribution < -0.4 is 5.32 Å². The number of likely N-dealkylation sites (tertiary alicyclic amines) is 1. The zero-order valence-electron chi connectivity index (χ0n) is 15.0. The zero-order chi connectivity index (χ0) is 18.6. The van der Waals surface area contributed by atoms with E-state index in [1.807, 2.05) is 48.5 Å². The van der Waals surface area contributed by atoms with Gasteiger partial charge in [-0.2, -0.15) is 5.10 Å². The summed E-state index contributed by atoms with van der Waals surface area (Å²) in [6.45, 7) is 1.68. The Morgan fingerprint density at radius 2 is 1.89 bits per heavy atom. The minimum Gasteiger partial charge on any atom is -0.334 e. The highest BCUT2D eigenvalue weighted by Gasteiger charge is 2.27. The number of carbonyl (C=O) groups excluding carboxylic acids is 2. The largest absolute Gasteiger partial charge is 0.334 e. The Hall–Kier alpha value is -3.15. The third-order valence-corrected chi connectivity index (χ3v) is 5.16. The number of nitrogens with one attached hydrogen (secondary N) is 2. The molecular formula is C21H22N4O2. The summed E-state index contributed by atoms with van der Waals surface area (Å²) in [5.41, 5.74) is 2.74. The van der Waals surface area contributed by atoms with Gasteiger partial charge in [0.1, 0.15) is 0 Å². The number of ketones is 1. The Labute approximate surface area is 157 Å². The van der Waals surface area contributed by atoms with Crippen LogP contribution in [-0.2, 0) is 6.54 Å².